The van der Waals surface area contributed by atoms with Gasteiger partial charge in [-0.1, -0.05) is 0 Å². The van der Waals surface area contributed by atoms with Gasteiger partial charge in [0.25, 0.3) is 0 Å². The SMILES string of the molecule is O=P(O)(O)NCCN(CCO)P(=O)(O)O. The van der Waals surface area contributed by atoms with Crippen LogP contribution in [0.2, 0.25) is 0 Å². The Morgan fingerprint density at radius 3 is 1.93 bits per heavy atom. The lowest BCUT2D eigenvalue weighted by Crippen LogP contribution is -2.30. The molecule has 11 heteroatoms. The molecule has 0 aromatic heterocycles. The van der Waals surface area contributed by atoms with Crippen LogP contribution >= 0.6 is 15.5 Å². The lowest BCUT2D eigenvalue weighted by molar-refractivity contribution is 0.215. The van der Waals surface area contributed by atoms with E-state index in [1.54, 1.807) is 5.09 Å². The molecule has 0 bridgehead atoms. The summed E-state index contributed by atoms with van der Waals surface area (Å²) < 4.78 is 21.7. The van der Waals surface area contributed by atoms with E-state index in [9.17, 15) is 9.13 Å². The molecule has 6 N–H and O–H groups in total. The van der Waals surface area contributed by atoms with Gasteiger partial charge >= 0.3 is 15.5 Å². The minimum absolute atomic E-state index is 0.271. The van der Waals surface area contributed by atoms with Crippen LogP contribution in [0.1, 0.15) is 0 Å². The van der Waals surface area contributed by atoms with Crippen molar-refractivity contribution in [3.05, 3.63) is 0 Å². The van der Waals surface area contributed by atoms with Gasteiger partial charge in [-0.05, 0) is 0 Å². The van der Waals surface area contributed by atoms with E-state index in [-0.39, 0.29) is 19.6 Å². The normalized spacial score (nSPS) is 13.5. The maximum atomic E-state index is 10.8. The Hall–Kier alpha value is 0.180. The van der Waals surface area contributed by atoms with Gasteiger partial charge in [0.15, 0.2) is 0 Å². The molecule has 0 atom stereocenters. The van der Waals surface area contributed by atoms with Gasteiger partial charge in [-0.25, -0.2) is 18.9 Å². The van der Waals surface area contributed by atoms with Crippen LogP contribution in [0.3, 0.4) is 0 Å². The Morgan fingerprint density at radius 1 is 1.07 bits per heavy atom. The van der Waals surface area contributed by atoms with E-state index < -0.39 is 22.1 Å². The summed E-state index contributed by atoms with van der Waals surface area (Å²) in [5.74, 6) is 0. The minimum atomic E-state index is -4.49. The smallest absolute Gasteiger partial charge is 0.395 e. The molecule has 0 aromatic carbocycles. The lowest BCUT2D eigenvalue weighted by Gasteiger charge is -2.21. The Kier molecular flexibility index (Phi) is 6.12. The fourth-order valence-corrected chi connectivity index (χ4v) is 1.91. The summed E-state index contributed by atoms with van der Waals surface area (Å²) in [6.45, 7) is -1.31. The molecule has 0 fully saturated rings. The molecule has 0 heterocycles. The van der Waals surface area contributed by atoms with Crippen LogP contribution < -0.4 is 5.09 Å². The highest BCUT2D eigenvalue weighted by atomic mass is 31.2. The quantitative estimate of drug-likeness (QED) is 0.288. The number of aliphatic hydroxyl groups excluding tert-OH is 1. The van der Waals surface area contributed by atoms with Crippen molar-refractivity contribution in [1.82, 2.24) is 9.76 Å². The summed E-state index contributed by atoms with van der Waals surface area (Å²) in [7, 11) is -8.88. The molecule has 0 aliphatic carbocycles. The van der Waals surface area contributed by atoms with Gasteiger partial charge in [0, 0.05) is 19.6 Å². The molecule has 0 amide bonds. The molecule has 0 unspecified atom stereocenters. The van der Waals surface area contributed by atoms with Crippen molar-refractivity contribution in [3.8, 4) is 0 Å². The number of nitrogens with zero attached hydrogens (tertiary/aromatic N) is 1. The monoisotopic (exact) mass is 264 g/mol. The summed E-state index contributed by atoms with van der Waals surface area (Å²) in [5, 5.41) is 10.3. The highest BCUT2D eigenvalue weighted by Crippen LogP contribution is 2.39. The Morgan fingerprint density at radius 2 is 1.60 bits per heavy atom. The van der Waals surface area contributed by atoms with E-state index in [1.807, 2.05) is 0 Å². The zero-order valence-corrected chi connectivity index (χ0v) is 9.51. The molecular weight excluding hydrogens is 250 g/mol. The van der Waals surface area contributed by atoms with Gasteiger partial charge in [-0.15, -0.1) is 0 Å². The molecule has 0 saturated carbocycles. The van der Waals surface area contributed by atoms with E-state index in [2.05, 4.69) is 0 Å². The predicted octanol–water partition coefficient (Wildman–Crippen LogP) is -1.94. The maximum absolute atomic E-state index is 10.8. The second kappa shape index (κ2) is 6.05. The van der Waals surface area contributed by atoms with E-state index >= 15 is 0 Å². The van der Waals surface area contributed by atoms with Gasteiger partial charge in [0.2, 0.25) is 0 Å². The van der Waals surface area contributed by atoms with Gasteiger partial charge in [-0.3, -0.25) is 0 Å². The highest BCUT2D eigenvalue weighted by molar-refractivity contribution is 7.49. The van der Waals surface area contributed by atoms with Crippen molar-refractivity contribution >= 4 is 15.5 Å². The van der Waals surface area contributed by atoms with Gasteiger partial charge in [-0.2, -0.15) is 0 Å². The molecule has 0 saturated heterocycles. The zero-order chi connectivity index (χ0) is 12.1. The summed E-state index contributed by atoms with van der Waals surface area (Å²) in [6, 6.07) is 0. The first-order valence-corrected chi connectivity index (χ1v) is 7.07. The first-order valence-electron chi connectivity index (χ1n) is 3.89. The van der Waals surface area contributed by atoms with Crippen LogP contribution in [-0.4, -0.2) is 55.6 Å². The van der Waals surface area contributed by atoms with Crippen LogP contribution in [0.4, 0.5) is 0 Å². The van der Waals surface area contributed by atoms with E-state index in [1.165, 1.54) is 0 Å². The lowest BCUT2D eigenvalue weighted by atomic mass is 10.6. The maximum Gasteiger partial charge on any atom is 0.403 e. The first kappa shape index (κ1) is 15.2. The standard InChI is InChI=1S/C4H14N2O7P2/c7-4-3-6(15(11,12)13)2-1-5-14(8,9)10/h7H,1-4H2,(H2,11,12,13)(H3,5,8,9,10). The molecule has 0 spiro atoms. The van der Waals surface area contributed by atoms with Crippen LogP contribution in [-0.2, 0) is 9.13 Å². The molecule has 92 valence electrons. The molecule has 0 aromatic rings. The van der Waals surface area contributed by atoms with Gasteiger partial charge in [0.05, 0.1) is 6.61 Å². The van der Waals surface area contributed by atoms with Crippen LogP contribution in [0, 0.1) is 0 Å². The molecule has 0 aliphatic heterocycles. The Labute approximate surface area is 86.2 Å². The van der Waals surface area contributed by atoms with Crippen molar-refractivity contribution in [3.63, 3.8) is 0 Å². The van der Waals surface area contributed by atoms with Gasteiger partial charge < -0.3 is 24.7 Å². The molecule has 9 nitrogen and oxygen atoms in total. The molecule has 15 heavy (non-hydrogen) atoms. The van der Waals surface area contributed by atoms with Crippen LogP contribution in [0.5, 0.6) is 0 Å². The molecule has 0 rings (SSSR count). The van der Waals surface area contributed by atoms with Crippen molar-refractivity contribution in [2.24, 2.45) is 0 Å². The van der Waals surface area contributed by atoms with Crippen LogP contribution in [0.25, 0.3) is 0 Å². The van der Waals surface area contributed by atoms with Crippen molar-refractivity contribution in [2.75, 3.05) is 26.2 Å². The molecule has 0 radical (unpaired) electrons. The summed E-state index contributed by atoms with van der Waals surface area (Å²) in [6.07, 6.45) is 0. The molecular formula is C4H14N2O7P2. The van der Waals surface area contributed by atoms with E-state index in [0.29, 0.717) is 4.67 Å². The highest BCUT2D eigenvalue weighted by Gasteiger charge is 2.24. The largest absolute Gasteiger partial charge is 0.403 e. The second-order valence-electron chi connectivity index (χ2n) is 2.64. The van der Waals surface area contributed by atoms with E-state index in [4.69, 9.17) is 24.7 Å². The third-order valence-electron chi connectivity index (χ3n) is 1.41. The fraction of sp³-hybridized carbons (Fsp3) is 1.00. The average molecular weight is 264 g/mol. The fourth-order valence-electron chi connectivity index (χ4n) is 0.812. The van der Waals surface area contributed by atoms with Crippen LogP contribution in [0.15, 0.2) is 0 Å². The zero-order valence-electron chi connectivity index (χ0n) is 7.72. The predicted molar refractivity (Wildman–Crippen MR) is 50.7 cm³/mol. The topological polar surface area (TPSA) is 151 Å². The number of hydrogen-bond donors (Lipinski definition) is 6. The summed E-state index contributed by atoms with van der Waals surface area (Å²) in [4.78, 5) is 34.3. The van der Waals surface area contributed by atoms with E-state index in [0.717, 1.165) is 0 Å². The van der Waals surface area contributed by atoms with Crippen molar-refractivity contribution < 1.29 is 33.8 Å². The third-order valence-corrected chi connectivity index (χ3v) is 3.19. The average Bonchev–Trinajstić information content (AvgIpc) is 1.98. The second-order valence-corrected chi connectivity index (χ2v) is 5.64. The van der Waals surface area contributed by atoms with Gasteiger partial charge in [0.1, 0.15) is 0 Å². The molecule has 0 aliphatic rings. The summed E-state index contributed by atoms with van der Waals surface area (Å²) >= 11 is 0. The first-order chi connectivity index (χ1) is 6.67. The van der Waals surface area contributed by atoms with Crippen molar-refractivity contribution in [1.29, 1.82) is 0 Å². The third kappa shape index (κ3) is 8.04. The Balaban J connectivity index is 4.09. The number of aliphatic hydroxyl groups is 1. The van der Waals surface area contributed by atoms with Crippen molar-refractivity contribution in [2.45, 2.75) is 0 Å². The Bertz CT molecular complexity index is 272. The summed E-state index contributed by atoms with van der Waals surface area (Å²) in [5.41, 5.74) is 0. The number of nitrogens with one attached hydrogen (secondary N) is 1. The number of rotatable bonds is 7. The minimum Gasteiger partial charge on any atom is -0.395 e. The number of hydrogen-bond acceptors (Lipinski definition) is 3.